The molecule has 10 N–H and O–H groups in total. The number of carboxylic acid groups (broad SMARTS) is 1. The molecule has 0 radical (unpaired) electrons. The Morgan fingerprint density at radius 2 is 1.54 bits per heavy atom. The van der Waals surface area contributed by atoms with Gasteiger partial charge in [-0.2, -0.15) is 0 Å². The number of carbonyl (C=O) groups is 6. The van der Waals surface area contributed by atoms with Gasteiger partial charge in [0.2, 0.25) is 29.5 Å². The van der Waals surface area contributed by atoms with E-state index < -0.39 is 78.6 Å². The fourth-order valence-electron chi connectivity index (χ4n) is 4.07. The van der Waals surface area contributed by atoms with Crippen LogP contribution in [0.2, 0.25) is 0 Å². The van der Waals surface area contributed by atoms with Crippen LogP contribution in [0, 0.1) is 5.92 Å². The van der Waals surface area contributed by atoms with Crippen molar-refractivity contribution in [3.05, 3.63) is 35.9 Å². The first-order chi connectivity index (χ1) is 19.4. The predicted molar refractivity (Wildman–Crippen MR) is 148 cm³/mol. The number of carbonyl (C=O) groups excluding carboxylic acids is 5. The molecule has 2 rings (SSSR count). The average molecular weight is 575 g/mol. The lowest BCUT2D eigenvalue weighted by Gasteiger charge is -2.27. The van der Waals surface area contributed by atoms with Crippen molar-refractivity contribution < 1.29 is 33.9 Å². The number of guanidine groups is 1. The van der Waals surface area contributed by atoms with Crippen LogP contribution < -0.4 is 38.1 Å². The Kier molecular flexibility index (Phi) is 12.5. The van der Waals surface area contributed by atoms with Crippen LogP contribution in [-0.2, 0) is 35.2 Å². The molecule has 1 heterocycles. The lowest BCUT2D eigenvalue weighted by atomic mass is 10.00. The van der Waals surface area contributed by atoms with E-state index in [0.717, 1.165) is 0 Å². The van der Waals surface area contributed by atoms with Crippen LogP contribution in [0.3, 0.4) is 0 Å². The molecule has 5 amide bonds. The number of nitrogens with two attached hydrogens (primary N) is 2. The third-order valence-electron chi connectivity index (χ3n) is 6.19. The highest BCUT2D eigenvalue weighted by atomic mass is 16.4. The number of amides is 5. The molecular weight excluding hydrogens is 536 g/mol. The summed E-state index contributed by atoms with van der Waals surface area (Å²) in [5.74, 6) is -5.75. The van der Waals surface area contributed by atoms with Gasteiger partial charge in [0.05, 0.1) is 13.0 Å². The molecule has 4 atom stereocenters. The van der Waals surface area contributed by atoms with Crippen molar-refractivity contribution in [1.29, 1.82) is 0 Å². The molecule has 15 nitrogen and oxygen atoms in total. The maximum Gasteiger partial charge on any atom is 0.305 e. The number of aliphatic carboxylic acids is 1. The Bertz CT molecular complexity index is 1140. The van der Waals surface area contributed by atoms with Crippen LogP contribution in [0.25, 0.3) is 0 Å². The Balaban J connectivity index is 2.43. The minimum absolute atomic E-state index is 0.0199. The number of carboxylic acids is 1. The van der Waals surface area contributed by atoms with E-state index in [1.54, 1.807) is 44.2 Å². The highest BCUT2D eigenvalue weighted by Crippen LogP contribution is 2.09. The third-order valence-corrected chi connectivity index (χ3v) is 6.19. The average Bonchev–Trinajstić information content (AvgIpc) is 2.90. The monoisotopic (exact) mass is 574 g/mol. The lowest BCUT2D eigenvalue weighted by molar-refractivity contribution is -0.141. The quantitative estimate of drug-likeness (QED) is 0.0879. The summed E-state index contributed by atoms with van der Waals surface area (Å²) in [4.78, 5) is 80.7. The van der Waals surface area contributed by atoms with E-state index in [-0.39, 0.29) is 25.3 Å². The number of nitrogens with one attached hydrogen (secondary N) is 5. The number of hydrogen-bond donors (Lipinski definition) is 8. The maximum absolute atomic E-state index is 13.4. The van der Waals surface area contributed by atoms with Gasteiger partial charge < -0.3 is 43.2 Å². The lowest BCUT2D eigenvalue weighted by Crippen LogP contribution is -2.59. The molecule has 0 spiro atoms. The molecule has 1 aliphatic heterocycles. The van der Waals surface area contributed by atoms with Gasteiger partial charge in [-0.15, -0.1) is 0 Å². The molecule has 1 aromatic carbocycles. The van der Waals surface area contributed by atoms with E-state index in [0.29, 0.717) is 12.0 Å². The van der Waals surface area contributed by atoms with Crippen molar-refractivity contribution in [3.63, 3.8) is 0 Å². The molecule has 1 aliphatic rings. The molecule has 0 aromatic heterocycles. The van der Waals surface area contributed by atoms with Crippen molar-refractivity contribution in [2.45, 2.75) is 63.7 Å². The van der Waals surface area contributed by atoms with Gasteiger partial charge in [-0.05, 0) is 24.3 Å². The van der Waals surface area contributed by atoms with E-state index in [4.69, 9.17) is 11.5 Å². The highest BCUT2D eigenvalue weighted by Gasteiger charge is 2.34. The topological polar surface area (TPSA) is 247 Å². The van der Waals surface area contributed by atoms with Gasteiger partial charge in [0.1, 0.15) is 24.2 Å². The molecule has 0 saturated carbocycles. The third kappa shape index (κ3) is 11.1. The second-order valence-electron chi connectivity index (χ2n) is 9.93. The van der Waals surface area contributed by atoms with E-state index in [1.807, 2.05) is 0 Å². The smallest absolute Gasteiger partial charge is 0.305 e. The van der Waals surface area contributed by atoms with Crippen LogP contribution in [0.15, 0.2) is 35.3 Å². The van der Waals surface area contributed by atoms with Crippen molar-refractivity contribution in [3.8, 4) is 0 Å². The minimum Gasteiger partial charge on any atom is -0.481 e. The number of benzene rings is 1. The second kappa shape index (κ2) is 15.8. The Morgan fingerprint density at radius 3 is 2.15 bits per heavy atom. The Labute approximate surface area is 237 Å². The number of rotatable bonds is 9. The first-order valence-corrected chi connectivity index (χ1v) is 13.2. The van der Waals surface area contributed by atoms with Gasteiger partial charge in [0.15, 0.2) is 5.96 Å². The van der Waals surface area contributed by atoms with Gasteiger partial charge in [0.25, 0.3) is 0 Å². The van der Waals surface area contributed by atoms with Crippen LogP contribution in [0.5, 0.6) is 0 Å². The molecule has 1 fully saturated rings. The zero-order valence-electron chi connectivity index (χ0n) is 23.0. The molecule has 224 valence electrons. The van der Waals surface area contributed by atoms with E-state index in [9.17, 15) is 33.9 Å². The van der Waals surface area contributed by atoms with Crippen molar-refractivity contribution in [2.24, 2.45) is 22.4 Å². The van der Waals surface area contributed by atoms with Gasteiger partial charge >= 0.3 is 5.97 Å². The summed E-state index contributed by atoms with van der Waals surface area (Å²) in [5, 5.41) is 21.8. The molecule has 0 aliphatic carbocycles. The molecule has 41 heavy (non-hydrogen) atoms. The van der Waals surface area contributed by atoms with Gasteiger partial charge in [-0.1, -0.05) is 44.2 Å². The predicted octanol–water partition coefficient (Wildman–Crippen LogP) is -2.52. The molecule has 0 bridgehead atoms. The number of nitrogens with zero attached hydrogens (tertiary/aromatic N) is 1. The molecule has 1 saturated heterocycles. The Hall–Kier alpha value is -4.69. The summed E-state index contributed by atoms with van der Waals surface area (Å²) >= 11 is 0. The normalized spacial score (nSPS) is 22.7. The van der Waals surface area contributed by atoms with E-state index in [1.165, 1.54) is 0 Å². The standard InChI is InChI=1S/C26H38N8O7/c1-14(2)21-25(41)32-16(9-6-10-29-26(27)28)22(38)30-13-19(35)31-18(12-20(36)37)23(39)33-17(24(40)34-21)11-15-7-4-3-5-8-15/h3-5,7-8,14,16-18,21H,6,9-13H2,1-2H3,(H,30,38)(H,31,35)(H,32,41)(H,33,39)(H,34,40)(H,36,37)(H4,27,28,29)/t16-,17+,18-,21-/m1/s1. The van der Waals surface area contributed by atoms with Gasteiger partial charge in [0, 0.05) is 13.0 Å². The number of aliphatic imine (C=N–C) groups is 1. The van der Waals surface area contributed by atoms with Crippen LogP contribution >= 0.6 is 0 Å². The summed E-state index contributed by atoms with van der Waals surface area (Å²) in [6.07, 6.45) is -0.341. The SMILES string of the molecule is CC(C)[C@H]1NC(=O)[C@H](Cc2ccccc2)NC(=O)[C@@H](CC(=O)O)NC(=O)CNC(=O)[C@@H](CCCN=C(N)N)NC1=O. The molecule has 0 unspecified atom stereocenters. The minimum atomic E-state index is -1.54. The molecule has 15 heteroatoms. The maximum atomic E-state index is 13.4. The number of hydrogen-bond acceptors (Lipinski definition) is 7. The zero-order valence-corrected chi connectivity index (χ0v) is 23.0. The first kappa shape index (κ1) is 32.5. The summed E-state index contributed by atoms with van der Waals surface area (Å²) in [7, 11) is 0. The van der Waals surface area contributed by atoms with Crippen molar-refractivity contribution in [1.82, 2.24) is 26.6 Å². The second-order valence-corrected chi connectivity index (χ2v) is 9.93. The van der Waals surface area contributed by atoms with Crippen molar-refractivity contribution in [2.75, 3.05) is 13.1 Å². The molecular formula is C26H38N8O7. The summed E-state index contributed by atoms with van der Waals surface area (Å²) in [6, 6.07) is 3.79. The first-order valence-electron chi connectivity index (χ1n) is 13.2. The van der Waals surface area contributed by atoms with E-state index in [2.05, 4.69) is 31.6 Å². The largest absolute Gasteiger partial charge is 0.481 e. The zero-order chi connectivity index (χ0) is 30.5. The fourth-order valence-corrected chi connectivity index (χ4v) is 4.07. The summed E-state index contributed by atoms with van der Waals surface area (Å²) in [5.41, 5.74) is 11.4. The Morgan fingerprint density at radius 1 is 0.902 bits per heavy atom. The van der Waals surface area contributed by atoms with Crippen molar-refractivity contribution >= 4 is 41.5 Å². The molecule has 1 aromatic rings. The van der Waals surface area contributed by atoms with Crippen LogP contribution in [0.1, 0.15) is 38.7 Å². The van der Waals surface area contributed by atoms with E-state index >= 15 is 0 Å². The summed E-state index contributed by atoms with van der Waals surface area (Å²) < 4.78 is 0. The highest BCUT2D eigenvalue weighted by molar-refractivity contribution is 5.98. The fraction of sp³-hybridized carbons (Fsp3) is 0.500. The van der Waals surface area contributed by atoms with Gasteiger partial charge in [-0.25, -0.2) is 0 Å². The van der Waals surface area contributed by atoms with Gasteiger partial charge in [-0.3, -0.25) is 33.8 Å². The van der Waals surface area contributed by atoms with Crippen LogP contribution in [0.4, 0.5) is 0 Å². The van der Waals surface area contributed by atoms with Crippen LogP contribution in [-0.4, -0.2) is 83.8 Å². The summed E-state index contributed by atoms with van der Waals surface area (Å²) in [6.45, 7) is 2.98.